The fourth-order valence-corrected chi connectivity index (χ4v) is 4.20. The summed E-state index contributed by atoms with van der Waals surface area (Å²) in [6.45, 7) is 3.33. The fraction of sp³-hybridized carbons (Fsp3) is 0.529. The van der Waals surface area contributed by atoms with E-state index in [1.165, 1.54) is 13.8 Å². The predicted molar refractivity (Wildman–Crippen MR) is 93.8 cm³/mol. The van der Waals surface area contributed by atoms with E-state index in [9.17, 15) is 18.0 Å². The third kappa shape index (κ3) is 4.94. The lowest BCUT2D eigenvalue weighted by Gasteiger charge is -2.24. The van der Waals surface area contributed by atoms with E-state index in [0.717, 1.165) is 11.3 Å². The second kappa shape index (κ2) is 7.43. The molecule has 7 nitrogen and oxygen atoms in total. The Balaban J connectivity index is 1.90. The molecule has 1 fully saturated rings. The van der Waals surface area contributed by atoms with Gasteiger partial charge in [0.05, 0.1) is 18.6 Å². The number of benzene rings is 1. The Morgan fingerprint density at radius 2 is 1.84 bits per heavy atom. The van der Waals surface area contributed by atoms with Crippen LogP contribution < -0.4 is 15.4 Å². The first-order valence-corrected chi connectivity index (χ1v) is 9.89. The van der Waals surface area contributed by atoms with E-state index in [1.807, 2.05) is 12.1 Å². The summed E-state index contributed by atoms with van der Waals surface area (Å²) in [5.41, 5.74) is -0.411. The van der Waals surface area contributed by atoms with Crippen molar-refractivity contribution in [3.8, 4) is 5.75 Å². The van der Waals surface area contributed by atoms with Crippen molar-refractivity contribution in [1.29, 1.82) is 0 Å². The van der Waals surface area contributed by atoms with Crippen molar-refractivity contribution >= 4 is 21.7 Å². The zero-order valence-electron chi connectivity index (χ0n) is 14.7. The molecule has 1 unspecified atom stereocenters. The lowest BCUT2D eigenvalue weighted by Crippen LogP contribution is -2.50. The zero-order valence-corrected chi connectivity index (χ0v) is 15.5. The first-order chi connectivity index (χ1) is 11.6. The molecular formula is C17H24N2O5S. The summed E-state index contributed by atoms with van der Waals surface area (Å²) in [7, 11) is -1.51. The Morgan fingerprint density at radius 1 is 1.20 bits per heavy atom. The molecule has 1 aromatic rings. The van der Waals surface area contributed by atoms with Crippen LogP contribution in [0.15, 0.2) is 24.3 Å². The molecule has 1 aliphatic rings. The molecule has 2 N–H and O–H groups in total. The Bertz CT molecular complexity index is 741. The van der Waals surface area contributed by atoms with Crippen molar-refractivity contribution in [2.75, 3.05) is 18.6 Å². The maximum atomic E-state index is 12.4. The van der Waals surface area contributed by atoms with Gasteiger partial charge < -0.3 is 15.4 Å². The van der Waals surface area contributed by atoms with E-state index in [4.69, 9.17) is 4.74 Å². The quantitative estimate of drug-likeness (QED) is 0.718. The molecular weight excluding hydrogens is 344 g/mol. The van der Waals surface area contributed by atoms with Gasteiger partial charge in [0, 0.05) is 12.6 Å². The summed E-state index contributed by atoms with van der Waals surface area (Å²) in [6, 6.07) is 6.82. The Hall–Kier alpha value is -2.09. The van der Waals surface area contributed by atoms with Gasteiger partial charge in [-0.3, -0.25) is 9.59 Å². The fourth-order valence-electron chi connectivity index (χ4n) is 2.52. The van der Waals surface area contributed by atoms with Gasteiger partial charge in [-0.1, -0.05) is 12.1 Å². The average molecular weight is 368 g/mol. The van der Waals surface area contributed by atoms with Crippen molar-refractivity contribution in [2.24, 2.45) is 5.41 Å². The molecule has 0 saturated carbocycles. The second-order valence-corrected chi connectivity index (χ2v) is 8.96. The van der Waals surface area contributed by atoms with E-state index in [-0.39, 0.29) is 18.1 Å². The molecule has 0 aliphatic carbocycles. The molecule has 138 valence electrons. The minimum Gasteiger partial charge on any atom is -0.497 e. The summed E-state index contributed by atoms with van der Waals surface area (Å²) in [5, 5.41) is 5.41. The van der Waals surface area contributed by atoms with Crippen LogP contribution in [-0.2, 0) is 26.0 Å². The molecule has 0 bridgehead atoms. The Labute approximate surface area is 148 Å². The van der Waals surface area contributed by atoms with Gasteiger partial charge in [-0.2, -0.15) is 0 Å². The summed E-state index contributed by atoms with van der Waals surface area (Å²) in [6.07, 6.45) is 0.387. The van der Waals surface area contributed by atoms with Crippen molar-refractivity contribution in [3.63, 3.8) is 0 Å². The highest BCUT2D eigenvalue weighted by Crippen LogP contribution is 2.19. The van der Waals surface area contributed by atoms with E-state index >= 15 is 0 Å². The summed E-state index contributed by atoms with van der Waals surface area (Å²) >= 11 is 0. The summed E-state index contributed by atoms with van der Waals surface area (Å²) in [5.74, 6) is -0.158. The highest BCUT2D eigenvalue weighted by atomic mass is 32.2. The smallest absolute Gasteiger partial charge is 0.235 e. The Kier molecular flexibility index (Phi) is 5.72. The van der Waals surface area contributed by atoms with Crippen molar-refractivity contribution in [1.82, 2.24) is 10.6 Å². The van der Waals surface area contributed by atoms with E-state index < -0.39 is 33.1 Å². The number of carbonyl (C=O) groups excluding carboxylic acids is 2. The molecule has 2 rings (SSSR count). The largest absolute Gasteiger partial charge is 0.497 e. The molecule has 1 aliphatic heterocycles. The minimum absolute atomic E-state index is 0.0672. The highest BCUT2D eigenvalue weighted by molar-refractivity contribution is 7.91. The number of carbonyl (C=O) groups is 2. The number of nitrogens with one attached hydrogen (secondary N) is 2. The van der Waals surface area contributed by atoms with E-state index in [2.05, 4.69) is 10.6 Å². The molecule has 0 aromatic heterocycles. The number of methoxy groups -OCH3 is 1. The van der Waals surface area contributed by atoms with Crippen LogP contribution in [0.1, 0.15) is 25.8 Å². The third-order valence-corrected chi connectivity index (χ3v) is 6.08. The number of amides is 2. The lowest BCUT2D eigenvalue weighted by molar-refractivity contribution is -0.141. The Morgan fingerprint density at radius 3 is 2.36 bits per heavy atom. The SMILES string of the molecule is COc1ccc(CNC(=O)C(C)(C)C(=O)NC2CCS(=O)(=O)C2)cc1. The van der Waals surface area contributed by atoms with Gasteiger partial charge in [-0.05, 0) is 38.0 Å². The van der Waals surface area contributed by atoms with Gasteiger partial charge in [0.15, 0.2) is 9.84 Å². The van der Waals surface area contributed by atoms with Crippen LogP contribution >= 0.6 is 0 Å². The molecule has 25 heavy (non-hydrogen) atoms. The molecule has 2 amide bonds. The van der Waals surface area contributed by atoms with Gasteiger partial charge in [0.1, 0.15) is 11.2 Å². The maximum absolute atomic E-state index is 12.4. The van der Waals surface area contributed by atoms with Gasteiger partial charge in [0.25, 0.3) is 0 Å². The highest BCUT2D eigenvalue weighted by Gasteiger charge is 2.38. The predicted octanol–water partition coefficient (Wildman–Crippen LogP) is 0.641. The van der Waals surface area contributed by atoms with Crippen molar-refractivity contribution < 1.29 is 22.7 Å². The molecule has 1 heterocycles. The summed E-state index contributed by atoms with van der Waals surface area (Å²) < 4.78 is 28.0. The van der Waals surface area contributed by atoms with Crippen LogP contribution in [0.5, 0.6) is 5.75 Å². The number of ether oxygens (including phenoxy) is 1. The van der Waals surface area contributed by atoms with Crippen LogP contribution in [0, 0.1) is 5.41 Å². The number of sulfone groups is 1. The van der Waals surface area contributed by atoms with Crippen LogP contribution in [0.3, 0.4) is 0 Å². The molecule has 0 radical (unpaired) electrons. The first kappa shape index (κ1) is 19.2. The number of hydrogen-bond donors (Lipinski definition) is 2. The minimum atomic E-state index is -3.08. The molecule has 1 aromatic carbocycles. The van der Waals surface area contributed by atoms with Crippen LogP contribution in [0.25, 0.3) is 0 Å². The molecule has 1 saturated heterocycles. The van der Waals surface area contributed by atoms with E-state index in [0.29, 0.717) is 6.42 Å². The van der Waals surface area contributed by atoms with Crippen LogP contribution in [0.4, 0.5) is 0 Å². The maximum Gasteiger partial charge on any atom is 0.235 e. The average Bonchev–Trinajstić information content (AvgIpc) is 2.91. The summed E-state index contributed by atoms with van der Waals surface area (Å²) in [4.78, 5) is 24.8. The molecule has 0 spiro atoms. The van der Waals surface area contributed by atoms with Gasteiger partial charge in [-0.25, -0.2) is 8.42 Å². The third-order valence-electron chi connectivity index (χ3n) is 4.32. The van der Waals surface area contributed by atoms with Crippen molar-refractivity contribution in [3.05, 3.63) is 29.8 Å². The molecule has 8 heteroatoms. The van der Waals surface area contributed by atoms with E-state index in [1.54, 1.807) is 19.2 Å². The van der Waals surface area contributed by atoms with Crippen LogP contribution in [0.2, 0.25) is 0 Å². The standard InChI is InChI=1S/C17H24N2O5S/c1-17(2,16(21)19-13-8-9-25(22,23)11-13)15(20)18-10-12-4-6-14(24-3)7-5-12/h4-7,13H,8-11H2,1-3H3,(H,18,20)(H,19,21). The van der Waals surface area contributed by atoms with Gasteiger partial charge >= 0.3 is 0 Å². The van der Waals surface area contributed by atoms with Crippen LogP contribution in [-0.4, -0.2) is 44.9 Å². The second-order valence-electron chi connectivity index (χ2n) is 6.73. The number of hydrogen-bond acceptors (Lipinski definition) is 5. The van der Waals surface area contributed by atoms with Gasteiger partial charge in [-0.15, -0.1) is 0 Å². The van der Waals surface area contributed by atoms with Gasteiger partial charge in [0.2, 0.25) is 11.8 Å². The number of rotatable bonds is 6. The topological polar surface area (TPSA) is 102 Å². The van der Waals surface area contributed by atoms with Crippen molar-refractivity contribution in [2.45, 2.75) is 32.9 Å². The zero-order chi connectivity index (χ0) is 18.7. The monoisotopic (exact) mass is 368 g/mol. The molecule has 1 atom stereocenters. The lowest BCUT2D eigenvalue weighted by atomic mass is 9.90. The first-order valence-electron chi connectivity index (χ1n) is 8.06. The normalized spacial score (nSPS) is 19.2.